The third-order valence-electron chi connectivity index (χ3n) is 4.45. The Hall–Kier alpha value is -0.860. The Bertz CT molecular complexity index is 534. The van der Waals surface area contributed by atoms with Gasteiger partial charge in [0, 0.05) is 32.2 Å². The Kier molecular flexibility index (Phi) is 11.9. The van der Waals surface area contributed by atoms with Crippen molar-refractivity contribution in [3.8, 4) is 0 Å². The van der Waals surface area contributed by atoms with Gasteiger partial charge in [-0.25, -0.2) is 0 Å². The van der Waals surface area contributed by atoms with E-state index in [1.54, 1.807) is 0 Å². The summed E-state index contributed by atoms with van der Waals surface area (Å²) < 4.78 is 11.1. The molecule has 0 spiro atoms. The summed E-state index contributed by atoms with van der Waals surface area (Å²) in [5.74, 6) is 1.44. The molecule has 1 heterocycles. The van der Waals surface area contributed by atoms with Crippen molar-refractivity contribution in [3.63, 3.8) is 0 Å². The molecule has 1 aliphatic heterocycles. The van der Waals surface area contributed by atoms with Crippen molar-refractivity contribution in [1.82, 2.24) is 10.6 Å². The molecule has 2 rings (SSSR count). The van der Waals surface area contributed by atoms with E-state index < -0.39 is 0 Å². The molecule has 0 aromatic heterocycles. The average Bonchev–Trinajstić information content (AvgIpc) is 3.11. The van der Waals surface area contributed by atoms with Crippen LogP contribution in [0, 0.1) is 12.8 Å². The summed E-state index contributed by atoms with van der Waals surface area (Å²) in [6.07, 6.45) is 2.06. The first-order valence-corrected chi connectivity index (χ1v) is 9.46. The van der Waals surface area contributed by atoms with E-state index in [-0.39, 0.29) is 30.0 Å². The zero-order valence-electron chi connectivity index (χ0n) is 16.3. The number of nitrogens with one attached hydrogen (secondary N) is 2. The van der Waals surface area contributed by atoms with E-state index in [2.05, 4.69) is 60.7 Å². The van der Waals surface area contributed by atoms with Gasteiger partial charge in [0.15, 0.2) is 5.96 Å². The van der Waals surface area contributed by atoms with Gasteiger partial charge >= 0.3 is 0 Å². The molecular weight excluding hydrogens is 441 g/mol. The second kappa shape index (κ2) is 13.3. The number of hydrogen-bond acceptors (Lipinski definition) is 3. The second-order valence-electron chi connectivity index (χ2n) is 6.64. The standard InChI is InChI=1S/C20H33N3O2.HI/c1-4-21-20(23-17(3)19-9-6-5-8-16(19)2)22-11-7-12-24-14-18-10-13-25-15-18;/h5-6,8-9,17-18H,4,7,10-15H2,1-3H3,(H2,21,22,23);1H. The van der Waals surface area contributed by atoms with Crippen molar-refractivity contribution in [2.45, 2.75) is 39.7 Å². The molecule has 2 N–H and O–H groups in total. The van der Waals surface area contributed by atoms with Crippen molar-refractivity contribution < 1.29 is 9.47 Å². The Labute approximate surface area is 175 Å². The van der Waals surface area contributed by atoms with Crippen LogP contribution in [0.25, 0.3) is 0 Å². The van der Waals surface area contributed by atoms with Crippen LogP contribution in [0.4, 0.5) is 0 Å². The van der Waals surface area contributed by atoms with Gasteiger partial charge in [0.05, 0.1) is 19.3 Å². The molecule has 1 aromatic carbocycles. The van der Waals surface area contributed by atoms with Gasteiger partial charge in [0.25, 0.3) is 0 Å². The smallest absolute Gasteiger partial charge is 0.191 e. The van der Waals surface area contributed by atoms with Crippen LogP contribution in [0.5, 0.6) is 0 Å². The van der Waals surface area contributed by atoms with Crippen molar-refractivity contribution in [2.75, 3.05) is 39.5 Å². The molecule has 0 radical (unpaired) electrons. The lowest BCUT2D eigenvalue weighted by Gasteiger charge is -2.19. The Balaban J connectivity index is 0.00000338. The normalized spacial score (nSPS) is 18.3. The summed E-state index contributed by atoms with van der Waals surface area (Å²) in [6.45, 7) is 11.3. The minimum atomic E-state index is 0. The number of halogens is 1. The van der Waals surface area contributed by atoms with E-state index in [0.29, 0.717) is 5.92 Å². The van der Waals surface area contributed by atoms with E-state index in [1.807, 2.05) is 0 Å². The summed E-state index contributed by atoms with van der Waals surface area (Å²) >= 11 is 0. The van der Waals surface area contributed by atoms with Gasteiger partial charge in [-0.2, -0.15) is 0 Å². The molecule has 0 saturated carbocycles. The number of nitrogens with zero attached hydrogens (tertiary/aromatic N) is 1. The van der Waals surface area contributed by atoms with Gasteiger partial charge in [-0.1, -0.05) is 24.3 Å². The molecule has 0 aliphatic carbocycles. The van der Waals surface area contributed by atoms with Gasteiger partial charge in [0.1, 0.15) is 0 Å². The average molecular weight is 475 g/mol. The van der Waals surface area contributed by atoms with Gasteiger partial charge in [-0.3, -0.25) is 4.99 Å². The maximum Gasteiger partial charge on any atom is 0.191 e. The van der Waals surface area contributed by atoms with Gasteiger partial charge in [-0.05, 0) is 44.7 Å². The van der Waals surface area contributed by atoms with Gasteiger partial charge in [0.2, 0.25) is 0 Å². The molecule has 1 aromatic rings. The van der Waals surface area contributed by atoms with Crippen LogP contribution in [0.2, 0.25) is 0 Å². The Morgan fingerprint density at radius 1 is 1.38 bits per heavy atom. The fourth-order valence-corrected chi connectivity index (χ4v) is 3.00. The second-order valence-corrected chi connectivity index (χ2v) is 6.64. The molecule has 0 amide bonds. The lowest BCUT2D eigenvalue weighted by atomic mass is 10.0. The van der Waals surface area contributed by atoms with Crippen molar-refractivity contribution >= 4 is 29.9 Å². The summed E-state index contributed by atoms with van der Waals surface area (Å²) in [5, 5.41) is 6.81. The number of ether oxygens (including phenoxy) is 2. The van der Waals surface area contributed by atoms with Crippen molar-refractivity contribution in [2.24, 2.45) is 10.9 Å². The first-order chi connectivity index (χ1) is 12.2. The molecule has 1 saturated heterocycles. The SMILES string of the molecule is CCNC(=NCCCOCC1CCOC1)NC(C)c1ccccc1C.I. The molecule has 148 valence electrons. The molecule has 1 aliphatic rings. The number of rotatable bonds is 9. The minimum absolute atomic E-state index is 0. The fourth-order valence-electron chi connectivity index (χ4n) is 3.00. The monoisotopic (exact) mass is 475 g/mol. The van der Waals surface area contributed by atoms with Crippen LogP contribution in [0.1, 0.15) is 43.9 Å². The lowest BCUT2D eigenvalue weighted by Crippen LogP contribution is -2.39. The van der Waals surface area contributed by atoms with Crippen LogP contribution in [-0.4, -0.2) is 45.5 Å². The van der Waals surface area contributed by atoms with E-state index in [1.165, 1.54) is 11.1 Å². The highest BCUT2D eigenvalue weighted by Crippen LogP contribution is 2.16. The molecule has 2 atom stereocenters. The van der Waals surface area contributed by atoms with Crippen LogP contribution in [0.3, 0.4) is 0 Å². The number of aliphatic imine (C=N–C) groups is 1. The van der Waals surface area contributed by atoms with E-state index in [9.17, 15) is 0 Å². The molecule has 26 heavy (non-hydrogen) atoms. The quantitative estimate of drug-likeness (QED) is 0.248. The largest absolute Gasteiger partial charge is 0.381 e. The first kappa shape index (κ1) is 23.2. The predicted molar refractivity (Wildman–Crippen MR) is 118 cm³/mol. The highest BCUT2D eigenvalue weighted by Gasteiger charge is 2.15. The lowest BCUT2D eigenvalue weighted by molar-refractivity contribution is 0.0893. The Morgan fingerprint density at radius 2 is 2.19 bits per heavy atom. The summed E-state index contributed by atoms with van der Waals surface area (Å²) in [6, 6.07) is 8.68. The first-order valence-electron chi connectivity index (χ1n) is 9.46. The highest BCUT2D eigenvalue weighted by molar-refractivity contribution is 14.0. The van der Waals surface area contributed by atoms with Crippen molar-refractivity contribution in [1.29, 1.82) is 0 Å². The number of aryl methyl sites for hydroxylation is 1. The van der Waals surface area contributed by atoms with E-state index >= 15 is 0 Å². The molecule has 0 bridgehead atoms. The molecule has 5 nitrogen and oxygen atoms in total. The van der Waals surface area contributed by atoms with Gasteiger partial charge < -0.3 is 20.1 Å². The van der Waals surface area contributed by atoms with E-state index in [4.69, 9.17) is 9.47 Å². The fraction of sp³-hybridized carbons (Fsp3) is 0.650. The maximum atomic E-state index is 5.74. The van der Waals surface area contributed by atoms with E-state index in [0.717, 1.165) is 58.3 Å². The van der Waals surface area contributed by atoms with Crippen molar-refractivity contribution in [3.05, 3.63) is 35.4 Å². The van der Waals surface area contributed by atoms with Crippen LogP contribution in [-0.2, 0) is 9.47 Å². The van der Waals surface area contributed by atoms with Crippen LogP contribution < -0.4 is 10.6 Å². The molecule has 1 fully saturated rings. The predicted octanol–water partition coefficient (Wildman–Crippen LogP) is 3.67. The third-order valence-corrected chi connectivity index (χ3v) is 4.45. The number of benzene rings is 1. The number of hydrogen-bond donors (Lipinski definition) is 2. The summed E-state index contributed by atoms with van der Waals surface area (Å²) in [4.78, 5) is 4.67. The summed E-state index contributed by atoms with van der Waals surface area (Å²) in [7, 11) is 0. The minimum Gasteiger partial charge on any atom is -0.381 e. The van der Waals surface area contributed by atoms with Gasteiger partial charge in [-0.15, -0.1) is 24.0 Å². The third kappa shape index (κ3) is 8.22. The van der Waals surface area contributed by atoms with Crippen LogP contribution in [0.15, 0.2) is 29.3 Å². The summed E-state index contributed by atoms with van der Waals surface area (Å²) in [5.41, 5.74) is 2.60. The molecule has 2 unspecified atom stereocenters. The zero-order chi connectivity index (χ0) is 17.9. The molecular formula is C20H34IN3O2. The molecule has 6 heteroatoms. The maximum absolute atomic E-state index is 5.74. The number of guanidine groups is 1. The highest BCUT2D eigenvalue weighted by atomic mass is 127. The zero-order valence-corrected chi connectivity index (χ0v) is 18.6. The Morgan fingerprint density at radius 3 is 2.88 bits per heavy atom. The topological polar surface area (TPSA) is 54.9 Å². The van der Waals surface area contributed by atoms with Crippen LogP contribution >= 0.6 is 24.0 Å².